The van der Waals surface area contributed by atoms with Crippen molar-refractivity contribution in [1.29, 1.82) is 0 Å². The van der Waals surface area contributed by atoms with Gasteiger partial charge in [0.15, 0.2) is 23.0 Å². The highest BCUT2D eigenvalue weighted by Crippen LogP contribution is 2.40. The second-order valence-electron chi connectivity index (χ2n) is 4.81. The Morgan fingerprint density at radius 1 is 0.952 bits per heavy atom. The van der Waals surface area contributed by atoms with Crippen molar-refractivity contribution < 1.29 is 30.0 Å². The number of phenolic OH excluding ortho intramolecular Hbond substituents is 4. The standard InChI is InChI=1S/C15H12O6/c16-10-3-1-7(5-12(10)18)13-6-9-8(15(20)21-13)2-4-11(17)14(9)19/h1-5,13,16-19H,6H2. The van der Waals surface area contributed by atoms with Gasteiger partial charge in [-0.05, 0) is 29.8 Å². The van der Waals surface area contributed by atoms with Crippen LogP contribution in [0.3, 0.4) is 0 Å². The van der Waals surface area contributed by atoms with Gasteiger partial charge < -0.3 is 25.2 Å². The van der Waals surface area contributed by atoms with Crippen LogP contribution in [-0.2, 0) is 11.2 Å². The molecule has 1 atom stereocenters. The highest BCUT2D eigenvalue weighted by molar-refractivity contribution is 5.93. The Hall–Kier alpha value is -2.89. The highest BCUT2D eigenvalue weighted by atomic mass is 16.5. The Balaban J connectivity index is 2.03. The van der Waals surface area contributed by atoms with E-state index in [2.05, 4.69) is 0 Å². The number of hydrogen-bond donors (Lipinski definition) is 4. The molecular formula is C15H12O6. The lowest BCUT2D eigenvalue weighted by Crippen LogP contribution is -2.21. The smallest absolute Gasteiger partial charge is 0.339 e. The molecule has 4 N–H and O–H groups in total. The predicted octanol–water partition coefficient (Wildman–Crippen LogP) is 1.96. The average molecular weight is 288 g/mol. The number of rotatable bonds is 1. The van der Waals surface area contributed by atoms with Gasteiger partial charge in [0.2, 0.25) is 0 Å². The second kappa shape index (κ2) is 4.59. The maximum absolute atomic E-state index is 12.0. The topological polar surface area (TPSA) is 107 Å². The van der Waals surface area contributed by atoms with Crippen molar-refractivity contribution in [1.82, 2.24) is 0 Å². The van der Waals surface area contributed by atoms with Crippen LogP contribution in [0.2, 0.25) is 0 Å². The minimum Gasteiger partial charge on any atom is -0.504 e. The minimum absolute atomic E-state index is 0.158. The molecule has 1 unspecified atom stereocenters. The van der Waals surface area contributed by atoms with Crippen molar-refractivity contribution in [3.63, 3.8) is 0 Å². The summed E-state index contributed by atoms with van der Waals surface area (Å²) in [6.45, 7) is 0. The van der Waals surface area contributed by atoms with Crippen molar-refractivity contribution in [3.05, 3.63) is 47.0 Å². The van der Waals surface area contributed by atoms with Gasteiger partial charge in [-0.1, -0.05) is 6.07 Å². The van der Waals surface area contributed by atoms with Gasteiger partial charge in [-0.3, -0.25) is 0 Å². The first kappa shape index (κ1) is 13.1. The lowest BCUT2D eigenvalue weighted by molar-refractivity contribution is 0.0248. The third kappa shape index (κ3) is 2.10. The molecule has 2 aromatic carbocycles. The fourth-order valence-corrected chi connectivity index (χ4v) is 2.37. The Labute approximate surface area is 119 Å². The molecule has 0 amide bonds. The quantitative estimate of drug-likeness (QED) is 0.472. The molecule has 0 fully saturated rings. The Morgan fingerprint density at radius 2 is 1.67 bits per heavy atom. The number of phenols is 4. The molecule has 0 saturated heterocycles. The van der Waals surface area contributed by atoms with E-state index < -0.39 is 12.1 Å². The van der Waals surface area contributed by atoms with Crippen LogP contribution in [0, 0.1) is 0 Å². The maximum Gasteiger partial charge on any atom is 0.339 e. The van der Waals surface area contributed by atoms with E-state index in [-0.39, 0.29) is 35.0 Å². The summed E-state index contributed by atoms with van der Waals surface area (Å²) in [4.78, 5) is 12.0. The second-order valence-corrected chi connectivity index (χ2v) is 4.81. The molecular weight excluding hydrogens is 276 g/mol. The zero-order chi connectivity index (χ0) is 15.1. The number of hydrogen-bond acceptors (Lipinski definition) is 6. The van der Waals surface area contributed by atoms with Crippen molar-refractivity contribution in [2.24, 2.45) is 0 Å². The van der Waals surface area contributed by atoms with E-state index in [4.69, 9.17) is 4.74 Å². The summed E-state index contributed by atoms with van der Waals surface area (Å²) in [6.07, 6.45) is -0.560. The van der Waals surface area contributed by atoms with Gasteiger partial charge in [-0.2, -0.15) is 0 Å². The summed E-state index contributed by atoms with van der Waals surface area (Å²) in [7, 11) is 0. The minimum atomic E-state index is -0.718. The number of cyclic esters (lactones) is 1. The maximum atomic E-state index is 12.0. The van der Waals surface area contributed by atoms with E-state index in [1.54, 1.807) is 0 Å². The van der Waals surface area contributed by atoms with E-state index in [1.165, 1.54) is 30.3 Å². The summed E-state index contributed by atoms with van der Waals surface area (Å²) >= 11 is 0. The third-order valence-electron chi connectivity index (χ3n) is 3.49. The number of carbonyl (C=O) groups is 1. The van der Waals surface area contributed by atoms with Gasteiger partial charge in [-0.15, -0.1) is 0 Å². The SMILES string of the molecule is O=C1OC(c2ccc(O)c(O)c2)Cc2c1ccc(O)c2O. The van der Waals surface area contributed by atoms with Crippen LogP contribution in [-0.4, -0.2) is 26.4 Å². The molecule has 1 aliphatic heterocycles. The molecule has 3 rings (SSSR count). The number of aromatic hydroxyl groups is 4. The molecule has 6 nitrogen and oxygen atoms in total. The fraction of sp³-hybridized carbons (Fsp3) is 0.133. The lowest BCUT2D eigenvalue weighted by Gasteiger charge is -2.25. The van der Waals surface area contributed by atoms with Crippen molar-refractivity contribution in [2.75, 3.05) is 0 Å². The van der Waals surface area contributed by atoms with Crippen LogP contribution in [0.4, 0.5) is 0 Å². The molecule has 1 aliphatic rings. The summed E-state index contributed by atoms with van der Waals surface area (Å²) in [6, 6.07) is 6.70. The van der Waals surface area contributed by atoms with Crippen molar-refractivity contribution in [2.45, 2.75) is 12.5 Å². The molecule has 6 heteroatoms. The summed E-state index contributed by atoms with van der Waals surface area (Å²) in [5.41, 5.74) is 0.973. The number of esters is 1. The molecule has 0 radical (unpaired) electrons. The molecule has 0 aromatic heterocycles. The largest absolute Gasteiger partial charge is 0.504 e. The average Bonchev–Trinajstić information content (AvgIpc) is 2.46. The third-order valence-corrected chi connectivity index (χ3v) is 3.49. The zero-order valence-electron chi connectivity index (χ0n) is 10.8. The first-order valence-corrected chi connectivity index (χ1v) is 6.24. The van der Waals surface area contributed by atoms with Gasteiger partial charge >= 0.3 is 5.97 Å². The van der Waals surface area contributed by atoms with Crippen LogP contribution >= 0.6 is 0 Å². The molecule has 0 aliphatic carbocycles. The Morgan fingerprint density at radius 3 is 2.38 bits per heavy atom. The van der Waals surface area contributed by atoms with Gasteiger partial charge in [0.1, 0.15) is 6.10 Å². The van der Waals surface area contributed by atoms with Crippen LogP contribution < -0.4 is 0 Å². The van der Waals surface area contributed by atoms with E-state index in [0.717, 1.165) is 0 Å². The van der Waals surface area contributed by atoms with Crippen molar-refractivity contribution >= 4 is 5.97 Å². The van der Waals surface area contributed by atoms with Crippen LogP contribution in [0.15, 0.2) is 30.3 Å². The fourth-order valence-electron chi connectivity index (χ4n) is 2.37. The van der Waals surface area contributed by atoms with E-state index >= 15 is 0 Å². The first-order valence-electron chi connectivity index (χ1n) is 6.24. The molecule has 108 valence electrons. The zero-order valence-corrected chi connectivity index (χ0v) is 10.8. The Bertz CT molecular complexity index is 737. The van der Waals surface area contributed by atoms with Crippen LogP contribution in [0.5, 0.6) is 23.0 Å². The van der Waals surface area contributed by atoms with E-state index in [0.29, 0.717) is 11.1 Å². The van der Waals surface area contributed by atoms with Crippen LogP contribution in [0.25, 0.3) is 0 Å². The van der Waals surface area contributed by atoms with Crippen LogP contribution in [0.1, 0.15) is 27.6 Å². The Kier molecular flexibility index (Phi) is 2.86. The van der Waals surface area contributed by atoms with Gasteiger partial charge in [0.25, 0.3) is 0 Å². The van der Waals surface area contributed by atoms with E-state index in [1.807, 2.05) is 0 Å². The molecule has 1 heterocycles. The molecule has 0 spiro atoms. The molecule has 0 bridgehead atoms. The van der Waals surface area contributed by atoms with E-state index in [9.17, 15) is 25.2 Å². The van der Waals surface area contributed by atoms with Gasteiger partial charge in [0.05, 0.1) is 5.56 Å². The first-order chi connectivity index (χ1) is 9.97. The molecule has 2 aromatic rings. The summed E-state index contributed by atoms with van der Waals surface area (Å²) in [5, 5.41) is 38.2. The lowest BCUT2D eigenvalue weighted by atomic mass is 9.93. The number of ether oxygens (including phenoxy) is 1. The summed E-state index contributed by atoms with van der Waals surface area (Å²) < 4.78 is 5.26. The normalized spacial score (nSPS) is 17.1. The molecule has 0 saturated carbocycles. The number of benzene rings is 2. The summed E-state index contributed by atoms with van der Waals surface area (Å²) in [5.74, 6) is -1.88. The van der Waals surface area contributed by atoms with Gasteiger partial charge in [0, 0.05) is 12.0 Å². The predicted molar refractivity (Wildman–Crippen MR) is 71.4 cm³/mol. The number of fused-ring (bicyclic) bond motifs is 1. The van der Waals surface area contributed by atoms with Crippen molar-refractivity contribution in [3.8, 4) is 23.0 Å². The monoisotopic (exact) mass is 288 g/mol. The highest BCUT2D eigenvalue weighted by Gasteiger charge is 2.31. The molecule has 21 heavy (non-hydrogen) atoms. The number of carbonyl (C=O) groups excluding carboxylic acids is 1. The van der Waals surface area contributed by atoms with Gasteiger partial charge in [-0.25, -0.2) is 4.79 Å².